The second-order valence-electron chi connectivity index (χ2n) is 4.48. The minimum atomic E-state index is -0.473. The van der Waals surface area contributed by atoms with Gasteiger partial charge in [0.05, 0.1) is 30.8 Å². The molecule has 0 aromatic carbocycles. The first kappa shape index (κ1) is 13.9. The number of esters is 1. The Labute approximate surface area is 117 Å². The molecule has 2 N–H and O–H groups in total. The Balaban J connectivity index is 2.24. The van der Waals surface area contributed by atoms with Gasteiger partial charge in [-0.05, 0) is 19.1 Å². The predicted octanol–water partition coefficient (Wildman–Crippen LogP) is 1.99. The summed E-state index contributed by atoms with van der Waals surface area (Å²) >= 11 is 0. The van der Waals surface area contributed by atoms with E-state index < -0.39 is 5.97 Å². The van der Waals surface area contributed by atoms with Gasteiger partial charge in [-0.1, -0.05) is 0 Å². The van der Waals surface area contributed by atoms with Gasteiger partial charge >= 0.3 is 5.97 Å². The van der Waals surface area contributed by atoms with Crippen LogP contribution in [-0.4, -0.2) is 25.1 Å². The fourth-order valence-electron chi connectivity index (χ4n) is 1.86. The Morgan fingerprint density at radius 1 is 1.55 bits per heavy atom. The van der Waals surface area contributed by atoms with E-state index in [0.29, 0.717) is 23.6 Å². The number of hydrogen-bond acceptors (Lipinski definition) is 6. The molecule has 0 amide bonds. The smallest absolute Gasteiger partial charge is 0.340 e. The molecule has 0 aliphatic heterocycles. The highest BCUT2D eigenvalue weighted by Gasteiger charge is 2.14. The normalized spacial score (nSPS) is 10.3. The van der Waals surface area contributed by atoms with E-state index in [1.807, 2.05) is 24.9 Å². The zero-order chi connectivity index (χ0) is 14.7. The van der Waals surface area contributed by atoms with Crippen LogP contribution in [0.1, 0.15) is 21.7 Å². The molecule has 0 bridgehead atoms. The molecule has 0 radical (unpaired) electrons. The molecule has 106 valence electrons. The summed E-state index contributed by atoms with van der Waals surface area (Å²) in [7, 11) is 3.20. The maximum absolute atomic E-state index is 11.6. The predicted molar refractivity (Wildman–Crippen MR) is 75.5 cm³/mol. The molecule has 6 nitrogen and oxygen atoms in total. The lowest BCUT2D eigenvalue weighted by Crippen LogP contribution is -2.19. The van der Waals surface area contributed by atoms with E-state index in [1.54, 1.807) is 12.3 Å². The molecule has 0 spiro atoms. The molecule has 2 rings (SSSR count). The quantitative estimate of drug-likeness (QED) is 0.859. The number of pyridine rings is 1. The third-order valence-electron chi connectivity index (χ3n) is 3.09. The van der Waals surface area contributed by atoms with Crippen molar-refractivity contribution in [2.75, 3.05) is 24.8 Å². The molecule has 0 saturated carbocycles. The van der Waals surface area contributed by atoms with Gasteiger partial charge in [-0.3, -0.25) is 0 Å². The van der Waals surface area contributed by atoms with E-state index in [2.05, 4.69) is 4.98 Å². The number of ether oxygens (including phenoxy) is 1. The van der Waals surface area contributed by atoms with Crippen LogP contribution >= 0.6 is 0 Å². The van der Waals surface area contributed by atoms with Gasteiger partial charge in [-0.25, -0.2) is 9.78 Å². The van der Waals surface area contributed by atoms with E-state index in [0.717, 1.165) is 11.3 Å². The summed E-state index contributed by atoms with van der Waals surface area (Å²) in [5.41, 5.74) is 7.40. The lowest BCUT2D eigenvalue weighted by molar-refractivity contribution is 0.0602. The van der Waals surface area contributed by atoms with Crippen molar-refractivity contribution in [3.05, 3.63) is 41.5 Å². The van der Waals surface area contributed by atoms with Crippen molar-refractivity contribution in [1.82, 2.24) is 4.98 Å². The molecule has 20 heavy (non-hydrogen) atoms. The van der Waals surface area contributed by atoms with Crippen molar-refractivity contribution in [3.63, 3.8) is 0 Å². The highest BCUT2D eigenvalue weighted by atomic mass is 16.5. The molecule has 0 saturated heterocycles. The number of methoxy groups -OCH3 is 1. The summed E-state index contributed by atoms with van der Waals surface area (Å²) in [5, 5.41) is 0. The monoisotopic (exact) mass is 275 g/mol. The zero-order valence-corrected chi connectivity index (χ0v) is 11.7. The fraction of sp³-hybridized carbons (Fsp3) is 0.286. The van der Waals surface area contributed by atoms with Gasteiger partial charge in [0.15, 0.2) is 0 Å². The summed E-state index contributed by atoms with van der Waals surface area (Å²) < 4.78 is 9.96. The average Bonchev–Trinajstić information content (AvgIpc) is 2.84. The second kappa shape index (κ2) is 5.64. The molecule has 6 heteroatoms. The number of nitrogens with zero attached hydrogens (tertiary/aromatic N) is 2. The first-order valence-corrected chi connectivity index (χ1v) is 6.11. The standard InChI is InChI=1S/C14H17N3O3/c1-9-10(4-5-20-9)8-17(2)13-6-11(14(18)19-3)12(15)7-16-13/h4-7H,8,15H2,1-3H3. The third kappa shape index (κ3) is 2.74. The number of nitrogen functional groups attached to an aromatic ring is 1. The number of carbonyl (C=O) groups excluding carboxylic acids is 1. The second-order valence-corrected chi connectivity index (χ2v) is 4.48. The van der Waals surface area contributed by atoms with Gasteiger partial charge in [0.25, 0.3) is 0 Å². The Bertz CT molecular complexity index is 622. The van der Waals surface area contributed by atoms with Gasteiger partial charge in [0.2, 0.25) is 0 Å². The zero-order valence-electron chi connectivity index (χ0n) is 11.7. The molecule has 0 aliphatic carbocycles. The number of rotatable bonds is 4. The first-order chi connectivity index (χ1) is 9.52. The molecule has 2 aromatic heterocycles. The number of furan rings is 1. The topological polar surface area (TPSA) is 81.6 Å². The van der Waals surface area contributed by atoms with Crippen molar-refractivity contribution < 1.29 is 13.9 Å². The van der Waals surface area contributed by atoms with Crippen molar-refractivity contribution in [3.8, 4) is 0 Å². The molecule has 0 aliphatic rings. The summed E-state index contributed by atoms with van der Waals surface area (Å²) in [6, 6.07) is 3.53. The molecule has 0 atom stereocenters. The van der Waals surface area contributed by atoms with Gasteiger partial charge < -0.3 is 19.8 Å². The molecule has 0 unspecified atom stereocenters. The maximum Gasteiger partial charge on any atom is 0.340 e. The first-order valence-electron chi connectivity index (χ1n) is 6.11. The number of nitrogens with two attached hydrogens (primary N) is 1. The van der Waals surface area contributed by atoms with Crippen LogP contribution < -0.4 is 10.6 Å². The van der Waals surface area contributed by atoms with Crippen LogP contribution in [0.25, 0.3) is 0 Å². The number of anilines is 2. The summed E-state index contributed by atoms with van der Waals surface area (Å²) in [6.07, 6.45) is 3.11. The minimum absolute atomic E-state index is 0.300. The molecular weight excluding hydrogens is 258 g/mol. The summed E-state index contributed by atoms with van der Waals surface area (Å²) in [6.45, 7) is 2.53. The van der Waals surface area contributed by atoms with Crippen LogP contribution in [0.15, 0.2) is 29.0 Å². The largest absolute Gasteiger partial charge is 0.469 e. The van der Waals surface area contributed by atoms with Crippen molar-refractivity contribution in [2.24, 2.45) is 0 Å². The van der Waals surface area contributed by atoms with Gasteiger partial charge in [0.1, 0.15) is 11.6 Å². The Hall–Kier alpha value is -2.50. The molecular formula is C14H17N3O3. The van der Waals surface area contributed by atoms with Gasteiger partial charge in [0, 0.05) is 19.2 Å². The Morgan fingerprint density at radius 3 is 2.90 bits per heavy atom. The number of aromatic nitrogens is 1. The van der Waals surface area contributed by atoms with Gasteiger partial charge in [-0.15, -0.1) is 0 Å². The van der Waals surface area contributed by atoms with Crippen molar-refractivity contribution >= 4 is 17.5 Å². The molecule has 2 heterocycles. The van der Waals surface area contributed by atoms with Gasteiger partial charge in [-0.2, -0.15) is 0 Å². The average molecular weight is 275 g/mol. The van der Waals surface area contributed by atoms with Crippen LogP contribution in [0.5, 0.6) is 0 Å². The minimum Gasteiger partial charge on any atom is -0.469 e. The van der Waals surface area contributed by atoms with E-state index in [-0.39, 0.29) is 0 Å². The lowest BCUT2D eigenvalue weighted by Gasteiger charge is -2.18. The SMILES string of the molecule is COC(=O)c1cc(N(C)Cc2ccoc2C)ncc1N. The van der Waals surface area contributed by atoms with E-state index in [1.165, 1.54) is 13.3 Å². The van der Waals surface area contributed by atoms with Crippen LogP contribution in [-0.2, 0) is 11.3 Å². The fourth-order valence-corrected chi connectivity index (χ4v) is 1.86. The summed E-state index contributed by atoms with van der Waals surface area (Å²) in [5.74, 6) is 1.03. The van der Waals surface area contributed by atoms with E-state index >= 15 is 0 Å². The van der Waals surface area contributed by atoms with E-state index in [9.17, 15) is 4.79 Å². The number of aryl methyl sites for hydroxylation is 1. The summed E-state index contributed by atoms with van der Waals surface area (Å²) in [4.78, 5) is 17.8. The van der Waals surface area contributed by atoms with Crippen LogP contribution in [0.3, 0.4) is 0 Å². The third-order valence-corrected chi connectivity index (χ3v) is 3.09. The lowest BCUT2D eigenvalue weighted by atomic mass is 10.2. The van der Waals surface area contributed by atoms with E-state index in [4.69, 9.17) is 14.9 Å². The van der Waals surface area contributed by atoms with Crippen molar-refractivity contribution in [1.29, 1.82) is 0 Å². The number of hydrogen-bond donors (Lipinski definition) is 1. The van der Waals surface area contributed by atoms with Crippen LogP contribution in [0, 0.1) is 6.92 Å². The molecule has 2 aromatic rings. The molecule has 0 fully saturated rings. The maximum atomic E-state index is 11.6. The van der Waals surface area contributed by atoms with Crippen LogP contribution in [0.2, 0.25) is 0 Å². The highest BCUT2D eigenvalue weighted by molar-refractivity contribution is 5.95. The Morgan fingerprint density at radius 2 is 2.30 bits per heavy atom. The highest BCUT2D eigenvalue weighted by Crippen LogP contribution is 2.20. The number of carbonyl (C=O) groups is 1. The van der Waals surface area contributed by atoms with Crippen LogP contribution in [0.4, 0.5) is 11.5 Å². The Kier molecular flexibility index (Phi) is 3.93. The van der Waals surface area contributed by atoms with Crippen molar-refractivity contribution in [2.45, 2.75) is 13.5 Å².